The van der Waals surface area contributed by atoms with E-state index in [4.69, 9.17) is 11.6 Å². The highest BCUT2D eigenvalue weighted by molar-refractivity contribution is 6.30. The molecule has 1 unspecified atom stereocenters. The van der Waals surface area contributed by atoms with Crippen LogP contribution in [0.15, 0.2) is 30.3 Å². The van der Waals surface area contributed by atoms with Crippen molar-refractivity contribution in [3.05, 3.63) is 52.2 Å². The van der Waals surface area contributed by atoms with Gasteiger partial charge in [-0.2, -0.15) is 0 Å². The number of aromatic nitrogens is 1. The van der Waals surface area contributed by atoms with E-state index in [9.17, 15) is 14.7 Å². The van der Waals surface area contributed by atoms with Gasteiger partial charge in [-0.05, 0) is 61.2 Å². The van der Waals surface area contributed by atoms with Crippen molar-refractivity contribution in [3.8, 4) is 11.1 Å². The number of rotatable bonds is 3. The molecular weight excluding hydrogens is 364 g/mol. The smallest absolute Gasteiger partial charge is 0.307 e. The summed E-state index contributed by atoms with van der Waals surface area (Å²) in [5.41, 5.74) is 5.90. The average Bonchev–Trinajstić information content (AvgIpc) is 2.95. The van der Waals surface area contributed by atoms with Gasteiger partial charge in [0.15, 0.2) is 0 Å². The molecule has 5 nitrogen and oxygen atoms in total. The molecule has 0 radical (unpaired) electrons. The number of carboxylic acids is 1. The molecule has 1 amide bonds. The zero-order chi connectivity index (χ0) is 19.5. The Morgan fingerprint density at radius 3 is 2.56 bits per heavy atom. The monoisotopic (exact) mass is 382 g/mol. The first-order chi connectivity index (χ1) is 12.8. The summed E-state index contributed by atoms with van der Waals surface area (Å²) in [6.45, 7) is 5.71. The van der Waals surface area contributed by atoms with Gasteiger partial charge in [-0.25, -0.2) is 0 Å². The quantitative estimate of drug-likeness (QED) is 0.688. The van der Waals surface area contributed by atoms with Gasteiger partial charge >= 0.3 is 5.97 Å². The predicted molar refractivity (Wildman–Crippen MR) is 107 cm³/mol. The summed E-state index contributed by atoms with van der Waals surface area (Å²) in [5, 5.41) is 14.0. The highest BCUT2D eigenvalue weighted by Gasteiger charge is 2.31. The van der Waals surface area contributed by atoms with Crippen LogP contribution in [0.3, 0.4) is 0 Å². The van der Waals surface area contributed by atoms with Crippen molar-refractivity contribution >= 4 is 40.1 Å². The number of hydrogen-bond acceptors (Lipinski definition) is 2. The number of carbonyl (C=O) groups is 2. The van der Waals surface area contributed by atoms with Gasteiger partial charge in [0.05, 0.1) is 17.6 Å². The Morgan fingerprint density at radius 2 is 1.93 bits per heavy atom. The second-order valence-corrected chi connectivity index (χ2v) is 7.45. The second-order valence-electron chi connectivity index (χ2n) is 7.01. The Kier molecular flexibility index (Phi) is 4.00. The van der Waals surface area contributed by atoms with Crippen LogP contribution < -0.4 is 5.32 Å². The van der Waals surface area contributed by atoms with Crippen LogP contribution in [0.25, 0.3) is 22.0 Å². The molecule has 0 spiro atoms. The van der Waals surface area contributed by atoms with Gasteiger partial charge in [-0.1, -0.05) is 23.7 Å². The SMILES string of the molecule is Cc1c(CC(=O)O)c(-c2ccc(Cl)cc2)c2cc(C)n3c2c1NC(=O)C3C. The maximum absolute atomic E-state index is 12.5. The zero-order valence-electron chi connectivity index (χ0n) is 15.3. The number of nitrogens with zero attached hydrogens (tertiary/aromatic N) is 1. The number of hydrogen-bond donors (Lipinski definition) is 2. The van der Waals surface area contributed by atoms with Crippen molar-refractivity contribution in [3.63, 3.8) is 0 Å². The molecule has 2 N–H and O–H groups in total. The highest BCUT2D eigenvalue weighted by Crippen LogP contribution is 2.44. The molecule has 4 rings (SSSR count). The number of carbonyl (C=O) groups excluding carboxylic acids is 1. The fourth-order valence-corrected chi connectivity index (χ4v) is 4.22. The molecule has 1 aliphatic heterocycles. The van der Waals surface area contributed by atoms with Crippen LogP contribution in [0, 0.1) is 13.8 Å². The summed E-state index contributed by atoms with van der Waals surface area (Å²) in [6, 6.07) is 9.12. The molecule has 2 heterocycles. The summed E-state index contributed by atoms with van der Waals surface area (Å²) in [6.07, 6.45) is -0.123. The Bertz CT molecular complexity index is 1110. The van der Waals surface area contributed by atoms with Gasteiger partial charge in [0.1, 0.15) is 6.04 Å². The lowest BCUT2D eigenvalue weighted by Crippen LogP contribution is -2.29. The van der Waals surface area contributed by atoms with E-state index in [0.29, 0.717) is 16.3 Å². The first-order valence-electron chi connectivity index (χ1n) is 8.75. The largest absolute Gasteiger partial charge is 0.481 e. The molecule has 138 valence electrons. The van der Waals surface area contributed by atoms with E-state index >= 15 is 0 Å². The number of halogens is 1. The minimum absolute atomic E-state index is 0.0910. The molecule has 2 aromatic carbocycles. The number of nitrogens with one attached hydrogen (secondary N) is 1. The van der Waals surface area contributed by atoms with E-state index in [1.165, 1.54) is 0 Å². The molecule has 27 heavy (non-hydrogen) atoms. The number of aliphatic carboxylic acids is 1. The lowest BCUT2D eigenvalue weighted by molar-refractivity contribution is -0.136. The summed E-state index contributed by atoms with van der Waals surface area (Å²) in [4.78, 5) is 24.0. The van der Waals surface area contributed by atoms with Crippen molar-refractivity contribution in [1.29, 1.82) is 0 Å². The number of anilines is 1. The van der Waals surface area contributed by atoms with Gasteiger partial charge in [0.2, 0.25) is 5.91 Å². The molecule has 0 saturated heterocycles. The molecule has 0 bridgehead atoms. The van der Waals surface area contributed by atoms with E-state index in [2.05, 4.69) is 5.32 Å². The van der Waals surface area contributed by atoms with E-state index in [0.717, 1.165) is 33.3 Å². The lowest BCUT2D eigenvalue weighted by atomic mass is 9.89. The summed E-state index contributed by atoms with van der Waals surface area (Å²) >= 11 is 6.05. The minimum atomic E-state index is -0.911. The van der Waals surface area contributed by atoms with Crippen LogP contribution in [-0.4, -0.2) is 21.6 Å². The Hall–Kier alpha value is -2.79. The highest BCUT2D eigenvalue weighted by atomic mass is 35.5. The van der Waals surface area contributed by atoms with E-state index in [1.54, 1.807) is 12.1 Å². The number of aryl methyl sites for hydroxylation is 1. The third-order valence-electron chi connectivity index (χ3n) is 5.34. The second kappa shape index (κ2) is 6.13. The van der Waals surface area contributed by atoms with Gasteiger partial charge in [0.25, 0.3) is 0 Å². The van der Waals surface area contributed by atoms with E-state index < -0.39 is 5.97 Å². The zero-order valence-corrected chi connectivity index (χ0v) is 16.0. The topological polar surface area (TPSA) is 71.3 Å². The maximum atomic E-state index is 12.5. The summed E-state index contributed by atoms with van der Waals surface area (Å²) in [5.74, 6) is -1.00. The molecular formula is C21H19ClN2O3. The molecule has 6 heteroatoms. The molecule has 0 saturated carbocycles. The fraction of sp³-hybridized carbons (Fsp3) is 0.238. The molecule has 1 atom stereocenters. The minimum Gasteiger partial charge on any atom is -0.481 e. The third-order valence-corrected chi connectivity index (χ3v) is 5.59. The third kappa shape index (κ3) is 2.61. The molecule has 1 aliphatic rings. The Morgan fingerprint density at radius 1 is 1.26 bits per heavy atom. The van der Waals surface area contributed by atoms with Crippen molar-refractivity contribution in [2.24, 2.45) is 0 Å². The van der Waals surface area contributed by atoms with E-state index in [1.807, 2.05) is 43.5 Å². The van der Waals surface area contributed by atoms with Crippen LogP contribution in [0.2, 0.25) is 5.02 Å². The average molecular weight is 383 g/mol. The first-order valence-corrected chi connectivity index (χ1v) is 9.13. The van der Waals surface area contributed by atoms with Gasteiger partial charge in [-0.15, -0.1) is 0 Å². The van der Waals surface area contributed by atoms with Gasteiger partial charge in [0, 0.05) is 16.1 Å². The predicted octanol–water partition coefficient (Wildman–Crippen LogP) is 4.72. The van der Waals surface area contributed by atoms with Gasteiger partial charge in [-0.3, -0.25) is 9.59 Å². The number of carboxylic acid groups (broad SMARTS) is 1. The fourth-order valence-electron chi connectivity index (χ4n) is 4.09. The Labute approximate surface area is 161 Å². The summed E-state index contributed by atoms with van der Waals surface area (Å²) < 4.78 is 2.03. The van der Waals surface area contributed by atoms with Crippen molar-refractivity contribution < 1.29 is 14.7 Å². The van der Waals surface area contributed by atoms with Gasteiger partial charge < -0.3 is 15.0 Å². The molecule has 0 aliphatic carbocycles. The van der Waals surface area contributed by atoms with Crippen LogP contribution >= 0.6 is 11.6 Å². The maximum Gasteiger partial charge on any atom is 0.307 e. The molecule has 1 aromatic heterocycles. The number of benzene rings is 2. The Balaban J connectivity index is 2.16. The van der Waals surface area contributed by atoms with Crippen LogP contribution in [0.1, 0.15) is 29.8 Å². The lowest BCUT2D eigenvalue weighted by Gasteiger charge is -2.27. The normalized spacial score (nSPS) is 15.9. The molecule has 0 fully saturated rings. The number of amides is 1. The van der Waals surface area contributed by atoms with Crippen molar-refractivity contribution in [2.45, 2.75) is 33.2 Å². The van der Waals surface area contributed by atoms with Crippen molar-refractivity contribution in [2.75, 3.05) is 5.32 Å². The first kappa shape index (κ1) is 17.6. The van der Waals surface area contributed by atoms with Crippen molar-refractivity contribution in [1.82, 2.24) is 4.57 Å². The standard InChI is InChI=1S/C21H19ClN2O3/c1-10-8-16-18(13-4-6-14(22)7-5-13)15(9-17(25)26)11(2)19-20(16)24(10)12(3)21(27)23-19/h4-8,12H,9H2,1-3H3,(H,23,27)(H,25,26). The van der Waals surface area contributed by atoms with Crippen LogP contribution in [0.5, 0.6) is 0 Å². The summed E-state index contributed by atoms with van der Waals surface area (Å²) in [7, 11) is 0. The van der Waals surface area contributed by atoms with Crippen LogP contribution in [0.4, 0.5) is 5.69 Å². The van der Waals surface area contributed by atoms with Crippen LogP contribution in [-0.2, 0) is 16.0 Å². The van der Waals surface area contributed by atoms with E-state index in [-0.39, 0.29) is 18.4 Å². The molecule has 3 aromatic rings.